The average molecular weight is 374 g/mol. The molecule has 0 N–H and O–H groups in total. The molecular weight excluding hydrogens is 358 g/mol. The van der Waals surface area contributed by atoms with Crippen molar-refractivity contribution in [2.75, 3.05) is 23.3 Å². The van der Waals surface area contributed by atoms with Gasteiger partial charge in [0.15, 0.2) is 9.84 Å². The highest BCUT2D eigenvalue weighted by Gasteiger charge is 2.43. The second kappa shape index (κ2) is 6.61. The van der Waals surface area contributed by atoms with Crippen molar-refractivity contribution in [2.45, 2.75) is 12.8 Å². The van der Waals surface area contributed by atoms with E-state index in [2.05, 4.69) is 0 Å². The summed E-state index contributed by atoms with van der Waals surface area (Å²) in [6.45, 7) is 0. The first-order valence-electron chi connectivity index (χ1n) is 6.58. The van der Waals surface area contributed by atoms with E-state index in [0.29, 0.717) is 12.8 Å². The van der Waals surface area contributed by atoms with Crippen molar-refractivity contribution in [1.82, 2.24) is 0 Å². The maximum atomic E-state index is 13.6. The molecular formula is C14H16Cl3FO2S. The molecule has 1 aliphatic heterocycles. The Labute approximate surface area is 139 Å². The number of halogens is 4. The van der Waals surface area contributed by atoms with Crippen LogP contribution in [0.1, 0.15) is 12.0 Å². The first-order chi connectivity index (χ1) is 9.82. The van der Waals surface area contributed by atoms with Crippen LogP contribution in [0.4, 0.5) is 4.39 Å². The normalized spacial score (nSPS) is 21.6. The fraction of sp³-hybridized carbons (Fsp3) is 0.571. The van der Waals surface area contributed by atoms with E-state index in [1.54, 1.807) is 6.07 Å². The molecule has 2 rings (SSSR count). The number of sulfone groups is 1. The van der Waals surface area contributed by atoms with Gasteiger partial charge < -0.3 is 0 Å². The third-order valence-electron chi connectivity index (χ3n) is 4.17. The molecule has 0 aromatic heterocycles. The minimum Gasteiger partial charge on any atom is -0.229 e. The van der Waals surface area contributed by atoms with Gasteiger partial charge in [0.05, 0.1) is 16.5 Å². The first-order valence-corrected chi connectivity index (χ1v) is 9.85. The summed E-state index contributed by atoms with van der Waals surface area (Å²) in [5.41, 5.74) is 0.176. The van der Waals surface area contributed by atoms with Gasteiger partial charge in [-0.25, -0.2) is 12.8 Å². The SMILES string of the molecule is O=S1(=O)CCC(C(CCl)(CCl)Cc2ccc(Cl)c(F)c2)C1. The minimum atomic E-state index is -3.02. The molecule has 0 bridgehead atoms. The molecule has 118 valence electrons. The van der Waals surface area contributed by atoms with Crippen LogP contribution in [-0.4, -0.2) is 31.7 Å². The summed E-state index contributed by atoms with van der Waals surface area (Å²) in [5, 5.41) is 0.0598. The smallest absolute Gasteiger partial charge is 0.150 e. The zero-order valence-electron chi connectivity index (χ0n) is 11.3. The fourth-order valence-corrected chi connectivity index (χ4v) is 5.80. The van der Waals surface area contributed by atoms with Crippen LogP contribution in [0.15, 0.2) is 18.2 Å². The van der Waals surface area contributed by atoms with Crippen molar-refractivity contribution in [2.24, 2.45) is 11.3 Å². The van der Waals surface area contributed by atoms with Gasteiger partial charge in [-0.2, -0.15) is 0 Å². The van der Waals surface area contributed by atoms with Crippen molar-refractivity contribution in [3.8, 4) is 0 Å². The predicted octanol–water partition coefficient (Wildman–Crippen LogP) is 3.92. The molecule has 0 spiro atoms. The van der Waals surface area contributed by atoms with Gasteiger partial charge in [-0.1, -0.05) is 17.7 Å². The van der Waals surface area contributed by atoms with Gasteiger partial charge in [-0.05, 0) is 36.5 Å². The van der Waals surface area contributed by atoms with Crippen LogP contribution in [0.2, 0.25) is 5.02 Å². The Hall–Kier alpha value is -0.0300. The fourth-order valence-electron chi connectivity index (χ4n) is 2.83. The van der Waals surface area contributed by atoms with Gasteiger partial charge in [0.25, 0.3) is 0 Å². The maximum Gasteiger partial charge on any atom is 0.150 e. The van der Waals surface area contributed by atoms with Crippen molar-refractivity contribution in [3.63, 3.8) is 0 Å². The van der Waals surface area contributed by atoms with Crippen LogP contribution in [0.3, 0.4) is 0 Å². The molecule has 21 heavy (non-hydrogen) atoms. The van der Waals surface area contributed by atoms with Gasteiger partial charge >= 0.3 is 0 Å². The minimum absolute atomic E-state index is 0.0598. The van der Waals surface area contributed by atoms with Crippen LogP contribution in [0.5, 0.6) is 0 Å². The Morgan fingerprint density at radius 1 is 1.29 bits per heavy atom. The summed E-state index contributed by atoms with van der Waals surface area (Å²) in [4.78, 5) is 0. The van der Waals surface area contributed by atoms with E-state index < -0.39 is 21.1 Å². The number of benzene rings is 1. The monoisotopic (exact) mass is 372 g/mol. The summed E-state index contributed by atoms with van der Waals surface area (Å²) in [5.74, 6) is 0.148. The zero-order valence-corrected chi connectivity index (χ0v) is 14.4. The second-order valence-electron chi connectivity index (χ2n) is 5.65. The van der Waals surface area contributed by atoms with Gasteiger partial charge in [0, 0.05) is 17.2 Å². The number of hydrogen-bond acceptors (Lipinski definition) is 2. The quantitative estimate of drug-likeness (QED) is 0.733. The highest BCUT2D eigenvalue weighted by atomic mass is 35.5. The lowest BCUT2D eigenvalue weighted by Crippen LogP contribution is -2.37. The molecule has 1 aromatic carbocycles. The Morgan fingerprint density at radius 3 is 2.43 bits per heavy atom. The molecule has 1 fully saturated rings. The van der Waals surface area contributed by atoms with Crippen LogP contribution in [-0.2, 0) is 16.3 Å². The Balaban J connectivity index is 2.27. The van der Waals surface area contributed by atoms with E-state index in [1.807, 2.05) is 0 Å². The molecule has 1 atom stereocenters. The Morgan fingerprint density at radius 2 is 1.95 bits per heavy atom. The molecule has 7 heteroatoms. The Bertz CT molecular complexity index is 615. The summed E-state index contributed by atoms with van der Waals surface area (Å²) < 4.78 is 37.0. The maximum absolute atomic E-state index is 13.6. The predicted molar refractivity (Wildman–Crippen MR) is 85.7 cm³/mol. The van der Waals surface area contributed by atoms with E-state index in [4.69, 9.17) is 34.8 Å². The number of hydrogen-bond donors (Lipinski definition) is 0. The van der Waals surface area contributed by atoms with Crippen molar-refractivity contribution < 1.29 is 12.8 Å². The number of rotatable bonds is 5. The van der Waals surface area contributed by atoms with Gasteiger partial charge in [0.2, 0.25) is 0 Å². The topological polar surface area (TPSA) is 34.1 Å². The zero-order chi connectivity index (χ0) is 15.7. The van der Waals surface area contributed by atoms with Crippen LogP contribution < -0.4 is 0 Å². The molecule has 2 nitrogen and oxygen atoms in total. The van der Waals surface area contributed by atoms with Gasteiger partial charge in [-0.15, -0.1) is 23.2 Å². The van der Waals surface area contributed by atoms with E-state index in [-0.39, 0.29) is 34.2 Å². The highest BCUT2D eigenvalue weighted by molar-refractivity contribution is 7.91. The lowest BCUT2D eigenvalue weighted by Gasteiger charge is -2.35. The van der Waals surface area contributed by atoms with E-state index >= 15 is 0 Å². The molecule has 0 amide bonds. The summed E-state index contributed by atoms with van der Waals surface area (Å²) in [7, 11) is -3.02. The second-order valence-corrected chi connectivity index (χ2v) is 8.83. The summed E-state index contributed by atoms with van der Waals surface area (Å²) >= 11 is 17.9. The lowest BCUT2D eigenvalue weighted by molar-refractivity contribution is 0.244. The van der Waals surface area contributed by atoms with Crippen LogP contribution in [0.25, 0.3) is 0 Å². The van der Waals surface area contributed by atoms with Crippen LogP contribution in [0, 0.1) is 17.2 Å². The molecule has 0 radical (unpaired) electrons. The lowest BCUT2D eigenvalue weighted by atomic mass is 9.73. The highest BCUT2D eigenvalue weighted by Crippen LogP contribution is 2.41. The van der Waals surface area contributed by atoms with Crippen molar-refractivity contribution >= 4 is 44.6 Å². The third kappa shape index (κ3) is 3.84. The van der Waals surface area contributed by atoms with E-state index in [1.165, 1.54) is 12.1 Å². The Kier molecular flexibility index (Phi) is 5.45. The van der Waals surface area contributed by atoms with Gasteiger partial charge in [-0.3, -0.25) is 0 Å². The average Bonchev–Trinajstić information content (AvgIpc) is 2.81. The van der Waals surface area contributed by atoms with Crippen LogP contribution >= 0.6 is 34.8 Å². The molecule has 1 saturated heterocycles. The molecule has 1 heterocycles. The summed E-state index contributed by atoms with van der Waals surface area (Å²) in [6.07, 6.45) is 0.992. The summed E-state index contributed by atoms with van der Waals surface area (Å²) in [6, 6.07) is 4.58. The standard InChI is InChI=1S/C14H16Cl3FO2S/c15-8-14(9-16,11-3-4-21(19,20)7-11)6-10-1-2-12(17)13(18)5-10/h1-2,5,11H,3-4,6-9H2. The van der Waals surface area contributed by atoms with Gasteiger partial charge in [0.1, 0.15) is 5.82 Å². The van der Waals surface area contributed by atoms with Crippen molar-refractivity contribution in [3.05, 3.63) is 34.6 Å². The first kappa shape index (κ1) is 17.3. The van der Waals surface area contributed by atoms with E-state index in [9.17, 15) is 12.8 Å². The molecule has 0 saturated carbocycles. The molecule has 0 aliphatic carbocycles. The largest absolute Gasteiger partial charge is 0.229 e. The third-order valence-corrected chi connectivity index (χ3v) is 7.31. The molecule has 1 unspecified atom stereocenters. The number of alkyl halides is 2. The molecule has 1 aliphatic rings. The molecule has 1 aromatic rings. The van der Waals surface area contributed by atoms with E-state index in [0.717, 1.165) is 5.56 Å². The van der Waals surface area contributed by atoms with Crippen molar-refractivity contribution in [1.29, 1.82) is 0 Å².